The first-order valence-corrected chi connectivity index (χ1v) is 6.61. The van der Waals surface area contributed by atoms with Crippen LogP contribution in [0.5, 0.6) is 5.88 Å². The third-order valence-electron chi connectivity index (χ3n) is 2.89. The fourth-order valence-electron chi connectivity index (χ4n) is 1.80. The Morgan fingerprint density at radius 2 is 2.05 bits per heavy atom. The van der Waals surface area contributed by atoms with E-state index in [9.17, 15) is 0 Å². The topological polar surface area (TPSA) is 65.7 Å². The van der Waals surface area contributed by atoms with Gasteiger partial charge in [-0.05, 0) is 37.3 Å². The number of rotatable bonds is 4. The number of hydrogen-bond acceptors (Lipinski definition) is 5. The summed E-state index contributed by atoms with van der Waals surface area (Å²) >= 11 is 5.90. The van der Waals surface area contributed by atoms with E-state index >= 15 is 0 Å². The minimum atomic E-state index is 0.0939. The quantitative estimate of drug-likeness (QED) is 0.741. The molecule has 0 saturated heterocycles. The van der Waals surface area contributed by atoms with Crippen LogP contribution in [0.3, 0.4) is 0 Å². The van der Waals surface area contributed by atoms with Crippen molar-refractivity contribution in [1.82, 2.24) is 25.2 Å². The molecule has 7 heteroatoms. The van der Waals surface area contributed by atoms with E-state index in [1.807, 2.05) is 19.1 Å². The Hall–Kier alpha value is -2.47. The summed E-state index contributed by atoms with van der Waals surface area (Å²) in [7, 11) is 0. The molecule has 0 aliphatic heterocycles. The molecule has 0 bridgehead atoms. The zero-order valence-electron chi connectivity index (χ0n) is 12.2. The Bertz CT molecular complexity index is 773. The first kappa shape index (κ1) is 12.3. The molecule has 0 aliphatic rings. The number of ether oxygens (including phenoxy) is 1. The molecule has 0 aliphatic carbocycles. The van der Waals surface area contributed by atoms with Crippen LogP contribution in [0.1, 0.15) is 12.8 Å². The van der Waals surface area contributed by atoms with Crippen molar-refractivity contribution in [3.63, 3.8) is 0 Å². The number of aryl methyl sites for hydroxylation is 1. The molecule has 3 aromatic rings. The first-order valence-electron chi connectivity index (χ1n) is 6.74. The SMILES string of the molecule is [2H]c1ccc(OCc2c(C)nnn2-c2ccc(Cl)cc2)nn1. The van der Waals surface area contributed by atoms with Crippen LogP contribution in [-0.4, -0.2) is 25.2 Å². The van der Waals surface area contributed by atoms with Gasteiger partial charge in [-0.2, -0.15) is 5.10 Å². The Kier molecular flexibility index (Phi) is 3.44. The van der Waals surface area contributed by atoms with Gasteiger partial charge in [0.2, 0.25) is 5.88 Å². The van der Waals surface area contributed by atoms with Gasteiger partial charge in [0.15, 0.2) is 0 Å². The normalized spacial score (nSPS) is 11.2. The second-order valence-electron chi connectivity index (χ2n) is 4.30. The molecule has 0 saturated carbocycles. The summed E-state index contributed by atoms with van der Waals surface area (Å²) in [6.07, 6.45) is 0.0939. The van der Waals surface area contributed by atoms with Crippen molar-refractivity contribution in [2.24, 2.45) is 0 Å². The summed E-state index contributed by atoms with van der Waals surface area (Å²) in [5, 5.41) is 16.3. The van der Waals surface area contributed by atoms with E-state index < -0.39 is 0 Å². The van der Waals surface area contributed by atoms with Crippen molar-refractivity contribution in [2.45, 2.75) is 13.5 Å². The average Bonchev–Trinajstić information content (AvgIpc) is 2.89. The number of halogens is 1. The van der Waals surface area contributed by atoms with Crippen LogP contribution in [0.15, 0.2) is 42.6 Å². The van der Waals surface area contributed by atoms with Gasteiger partial charge in [0.1, 0.15) is 12.3 Å². The van der Waals surface area contributed by atoms with Crippen molar-refractivity contribution >= 4 is 11.6 Å². The standard InChI is InChI=1S/C14H12ClN5O/c1-10-13(9-21-14-3-2-8-16-18-14)20(19-17-10)12-6-4-11(15)5-7-12/h2-8H,9H2,1H3/i8D. The van der Waals surface area contributed by atoms with Crippen LogP contribution in [0.4, 0.5) is 0 Å². The monoisotopic (exact) mass is 302 g/mol. The summed E-state index contributed by atoms with van der Waals surface area (Å²) in [4.78, 5) is 0. The zero-order valence-corrected chi connectivity index (χ0v) is 11.9. The number of nitrogens with zero attached hydrogens (tertiary/aromatic N) is 5. The van der Waals surface area contributed by atoms with Gasteiger partial charge in [0.05, 0.1) is 12.8 Å². The summed E-state index contributed by atoms with van der Waals surface area (Å²) in [5.74, 6) is 0.347. The smallest absolute Gasteiger partial charge is 0.233 e. The summed E-state index contributed by atoms with van der Waals surface area (Å²) in [5.41, 5.74) is 2.41. The van der Waals surface area contributed by atoms with Crippen LogP contribution in [0.2, 0.25) is 5.02 Å². The molecule has 0 spiro atoms. The molecule has 0 N–H and O–H groups in total. The average molecular weight is 303 g/mol. The third-order valence-corrected chi connectivity index (χ3v) is 3.14. The minimum Gasteiger partial charge on any atom is -0.470 e. The van der Waals surface area contributed by atoms with Gasteiger partial charge in [-0.1, -0.05) is 16.8 Å². The lowest BCUT2D eigenvalue weighted by atomic mass is 10.3. The Balaban J connectivity index is 1.83. The highest BCUT2D eigenvalue weighted by atomic mass is 35.5. The molecule has 2 heterocycles. The van der Waals surface area contributed by atoms with E-state index in [-0.39, 0.29) is 12.8 Å². The molecule has 0 amide bonds. The second kappa shape index (κ2) is 5.88. The highest BCUT2D eigenvalue weighted by Gasteiger charge is 2.12. The highest BCUT2D eigenvalue weighted by Crippen LogP contribution is 2.17. The summed E-state index contributed by atoms with van der Waals surface area (Å²) in [6.45, 7) is 2.10. The summed E-state index contributed by atoms with van der Waals surface area (Å²) < 4.78 is 14.6. The van der Waals surface area contributed by atoms with Crippen LogP contribution in [0.25, 0.3) is 5.69 Å². The maximum atomic E-state index is 7.30. The predicted molar refractivity (Wildman–Crippen MR) is 77.5 cm³/mol. The van der Waals surface area contributed by atoms with Gasteiger partial charge in [0, 0.05) is 17.3 Å². The molecule has 0 atom stereocenters. The van der Waals surface area contributed by atoms with E-state index in [0.29, 0.717) is 10.9 Å². The fraction of sp³-hybridized carbons (Fsp3) is 0.143. The van der Waals surface area contributed by atoms with Crippen molar-refractivity contribution in [3.8, 4) is 11.6 Å². The van der Waals surface area contributed by atoms with E-state index in [0.717, 1.165) is 17.1 Å². The number of hydrogen-bond donors (Lipinski definition) is 0. The molecule has 0 unspecified atom stereocenters. The number of aromatic nitrogens is 5. The van der Waals surface area contributed by atoms with Crippen LogP contribution < -0.4 is 4.74 Å². The fourth-order valence-corrected chi connectivity index (χ4v) is 1.93. The van der Waals surface area contributed by atoms with Gasteiger partial charge in [-0.25, -0.2) is 4.68 Å². The molecule has 1 aromatic carbocycles. The van der Waals surface area contributed by atoms with Crippen LogP contribution in [-0.2, 0) is 6.61 Å². The lowest BCUT2D eigenvalue weighted by Gasteiger charge is -2.08. The molecule has 6 nitrogen and oxygen atoms in total. The van der Waals surface area contributed by atoms with E-state index in [4.69, 9.17) is 17.7 Å². The zero-order chi connectivity index (χ0) is 15.5. The van der Waals surface area contributed by atoms with Crippen LogP contribution in [0, 0.1) is 6.92 Å². The maximum absolute atomic E-state index is 7.30. The van der Waals surface area contributed by atoms with E-state index in [2.05, 4.69) is 20.5 Å². The van der Waals surface area contributed by atoms with Crippen molar-refractivity contribution in [1.29, 1.82) is 0 Å². The molecule has 0 radical (unpaired) electrons. The molecule has 2 aromatic heterocycles. The maximum Gasteiger partial charge on any atom is 0.233 e. The lowest BCUT2D eigenvalue weighted by molar-refractivity contribution is 0.281. The lowest BCUT2D eigenvalue weighted by Crippen LogP contribution is -2.07. The summed E-state index contributed by atoms with van der Waals surface area (Å²) in [6, 6.07) is 10.4. The van der Waals surface area contributed by atoms with Crippen molar-refractivity contribution in [3.05, 3.63) is 59.0 Å². The highest BCUT2D eigenvalue weighted by molar-refractivity contribution is 6.30. The van der Waals surface area contributed by atoms with Gasteiger partial charge in [0.25, 0.3) is 0 Å². The van der Waals surface area contributed by atoms with Gasteiger partial charge in [-0.15, -0.1) is 10.2 Å². The molecular weight excluding hydrogens is 290 g/mol. The number of benzene rings is 1. The van der Waals surface area contributed by atoms with Crippen molar-refractivity contribution < 1.29 is 6.11 Å². The molecular formula is C14H12ClN5O. The second-order valence-corrected chi connectivity index (χ2v) is 4.74. The largest absolute Gasteiger partial charge is 0.470 e. The molecule has 3 rings (SSSR count). The minimum absolute atomic E-state index is 0.0939. The van der Waals surface area contributed by atoms with Gasteiger partial charge in [-0.3, -0.25) is 0 Å². The molecule has 106 valence electrons. The van der Waals surface area contributed by atoms with Gasteiger partial charge >= 0.3 is 0 Å². The van der Waals surface area contributed by atoms with E-state index in [1.54, 1.807) is 22.9 Å². The van der Waals surface area contributed by atoms with Gasteiger partial charge < -0.3 is 4.74 Å². The molecule has 0 fully saturated rings. The van der Waals surface area contributed by atoms with Crippen LogP contribution >= 0.6 is 11.6 Å². The Labute approximate surface area is 127 Å². The Morgan fingerprint density at radius 1 is 1.24 bits per heavy atom. The third kappa shape index (κ3) is 3.00. The molecule has 21 heavy (non-hydrogen) atoms. The Morgan fingerprint density at radius 3 is 2.76 bits per heavy atom. The van der Waals surface area contributed by atoms with Crippen molar-refractivity contribution in [2.75, 3.05) is 0 Å². The predicted octanol–water partition coefficient (Wildman–Crippen LogP) is 2.60. The first-order chi connectivity index (χ1) is 10.6. The van der Waals surface area contributed by atoms with E-state index in [1.165, 1.54) is 6.07 Å².